The Morgan fingerprint density at radius 1 is 1.28 bits per heavy atom. The molecule has 1 N–H and O–H groups in total. The Hall–Kier alpha value is -1.74. The van der Waals surface area contributed by atoms with E-state index in [9.17, 15) is 4.39 Å². The lowest BCUT2D eigenvalue weighted by molar-refractivity contribution is 0.564. The van der Waals surface area contributed by atoms with Gasteiger partial charge in [-0.25, -0.2) is 4.39 Å². The molecule has 0 saturated carbocycles. The Labute approximate surface area is 107 Å². The monoisotopic (exact) mass is 244 g/mol. The van der Waals surface area contributed by atoms with Gasteiger partial charge in [0.25, 0.3) is 0 Å². The summed E-state index contributed by atoms with van der Waals surface area (Å²) in [6.07, 6.45) is 3.68. The van der Waals surface area contributed by atoms with Crippen molar-refractivity contribution in [2.75, 3.05) is 0 Å². The van der Waals surface area contributed by atoms with Crippen LogP contribution in [0.25, 0.3) is 0 Å². The minimum absolute atomic E-state index is 0.112. The van der Waals surface area contributed by atoms with Gasteiger partial charge in [-0.05, 0) is 42.7 Å². The Balaban J connectivity index is 1.98. The number of aromatic nitrogens is 1. The van der Waals surface area contributed by atoms with E-state index in [-0.39, 0.29) is 11.9 Å². The summed E-state index contributed by atoms with van der Waals surface area (Å²) in [5.41, 5.74) is 3.24. The molecule has 94 valence electrons. The lowest BCUT2D eigenvalue weighted by atomic mass is 10.1. The fraction of sp³-hybridized carbons (Fsp3) is 0.267. The standard InChI is InChI=1S/C15H17FN2/c1-11-6-13(9-17-8-11)10-18-12(2)14-4-3-5-15(16)7-14/h3-9,12,18H,10H2,1-2H3/t12-/m0/s1. The Bertz CT molecular complexity index is 525. The molecule has 18 heavy (non-hydrogen) atoms. The maximum Gasteiger partial charge on any atom is 0.123 e. The lowest BCUT2D eigenvalue weighted by Crippen LogP contribution is -2.18. The molecule has 2 rings (SSSR count). The average molecular weight is 244 g/mol. The minimum Gasteiger partial charge on any atom is -0.306 e. The van der Waals surface area contributed by atoms with E-state index >= 15 is 0 Å². The molecule has 0 fully saturated rings. The number of aryl methyl sites for hydroxylation is 1. The van der Waals surface area contributed by atoms with Gasteiger partial charge >= 0.3 is 0 Å². The maximum atomic E-state index is 13.1. The third kappa shape index (κ3) is 3.37. The van der Waals surface area contributed by atoms with E-state index in [2.05, 4.69) is 16.4 Å². The molecule has 0 aliphatic carbocycles. The van der Waals surface area contributed by atoms with Gasteiger partial charge in [0.1, 0.15) is 5.82 Å². The van der Waals surface area contributed by atoms with Gasteiger partial charge in [0, 0.05) is 25.0 Å². The summed E-state index contributed by atoms with van der Waals surface area (Å²) in [5, 5.41) is 3.36. The van der Waals surface area contributed by atoms with Gasteiger partial charge in [-0.2, -0.15) is 0 Å². The summed E-state index contributed by atoms with van der Waals surface area (Å²) in [7, 11) is 0. The smallest absolute Gasteiger partial charge is 0.123 e. The molecule has 0 aliphatic rings. The predicted octanol–water partition coefficient (Wildman–Crippen LogP) is 3.38. The van der Waals surface area contributed by atoms with Crippen LogP contribution in [-0.4, -0.2) is 4.98 Å². The van der Waals surface area contributed by atoms with Crippen LogP contribution in [0.4, 0.5) is 4.39 Å². The summed E-state index contributed by atoms with van der Waals surface area (Å²) >= 11 is 0. The number of nitrogens with zero attached hydrogens (tertiary/aromatic N) is 1. The van der Waals surface area contributed by atoms with E-state index in [4.69, 9.17) is 0 Å². The van der Waals surface area contributed by atoms with Crippen molar-refractivity contribution >= 4 is 0 Å². The van der Waals surface area contributed by atoms with Crippen molar-refractivity contribution in [3.05, 3.63) is 65.2 Å². The molecule has 0 spiro atoms. The molecule has 0 radical (unpaired) electrons. The van der Waals surface area contributed by atoms with Crippen LogP contribution in [0.15, 0.2) is 42.7 Å². The summed E-state index contributed by atoms with van der Waals surface area (Å²) in [6.45, 7) is 4.77. The SMILES string of the molecule is Cc1cncc(CN[C@@H](C)c2cccc(F)c2)c1. The van der Waals surface area contributed by atoms with Crippen molar-refractivity contribution in [1.82, 2.24) is 10.3 Å². The molecule has 0 aliphatic heterocycles. The van der Waals surface area contributed by atoms with Crippen molar-refractivity contribution in [2.24, 2.45) is 0 Å². The van der Waals surface area contributed by atoms with Gasteiger partial charge in [0.05, 0.1) is 0 Å². The van der Waals surface area contributed by atoms with E-state index < -0.39 is 0 Å². The first kappa shape index (κ1) is 12.7. The number of hydrogen-bond acceptors (Lipinski definition) is 2. The molecule has 2 aromatic rings. The molecule has 2 nitrogen and oxygen atoms in total. The number of pyridine rings is 1. The molecule has 0 unspecified atom stereocenters. The first-order valence-corrected chi connectivity index (χ1v) is 6.04. The van der Waals surface area contributed by atoms with Crippen LogP contribution in [0.2, 0.25) is 0 Å². The van der Waals surface area contributed by atoms with E-state index in [0.29, 0.717) is 0 Å². The maximum absolute atomic E-state index is 13.1. The van der Waals surface area contributed by atoms with E-state index in [1.165, 1.54) is 6.07 Å². The second kappa shape index (κ2) is 5.74. The first-order chi connectivity index (χ1) is 8.65. The van der Waals surface area contributed by atoms with Crippen LogP contribution in [0.1, 0.15) is 29.7 Å². The van der Waals surface area contributed by atoms with E-state index in [0.717, 1.165) is 23.2 Å². The van der Waals surface area contributed by atoms with Crippen molar-refractivity contribution in [3.8, 4) is 0 Å². The van der Waals surface area contributed by atoms with Gasteiger partial charge in [-0.15, -0.1) is 0 Å². The number of hydrogen-bond donors (Lipinski definition) is 1. The van der Waals surface area contributed by atoms with Gasteiger partial charge in [-0.1, -0.05) is 18.2 Å². The Kier molecular flexibility index (Phi) is 4.05. The van der Waals surface area contributed by atoms with Crippen molar-refractivity contribution in [3.63, 3.8) is 0 Å². The van der Waals surface area contributed by atoms with Gasteiger partial charge in [0.15, 0.2) is 0 Å². The van der Waals surface area contributed by atoms with Crippen LogP contribution >= 0.6 is 0 Å². The van der Waals surface area contributed by atoms with Crippen LogP contribution in [0.3, 0.4) is 0 Å². The molecule has 0 amide bonds. The molecular formula is C15H17FN2. The minimum atomic E-state index is -0.196. The van der Waals surface area contributed by atoms with Gasteiger partial charge in [0.2, 0.25) is 0 Å². The number of rotatable bonds is 4. The molecular weight excluding hydrogens is 227 g/mol. The summed E-state index contributed by atoms with van der Waals surface area (Å²) in [6, 6.07) is 8.89. The number of benzene rings is 1. The fourth-order valence-electron chi connectivity index (χ4n) is 1.88. The van der Waals surface area contributed by atoms with Crippen LogP contribution in [-0.2, 0) is 6.54 Å². The summed E-state index contributed by atoms with van der Waals surface area (Å²) in [4.78, 5) is 4.15. The number of nitrogens with one attached hydrogen (secondary N) is 1. The highest BCUT2D eigenvalue weighted by Crippen LogP contribution is 2.14. The second-order valence-electron chi connectivity index (χ2n) is 4.53. The zero-order valence-corrected chi connectivity index (χ0v) is 10.7. The molecule has 0 saturated heterocycles. The van der Waals surface area contributed by atoms with Crippen LogP contribution < -0.4 is 5.32 Å². The molecule has 1 atom stereocenters. The second-order valence-corrected chi connectivity index (χ2v) is 4.53. The zero-order valence-electron chi connectivity index (χ0n) is 10.7. The fourth-order valence-corrected chi connectivity index (χ4v) is 1.88. The average Bonchev–Trinajstić information content (AvgIpc) is 2.36. The Morgan fingerprint density at radius 2 is 2.11 bits per heavy atom. The highest BCUT2D eigenvalue weighted by Gasteiger charge is 2.05. The molecule has 0 bridgehead atoms. The van der Waals surface area contributed by atoms with Gasteiger partial charge in [-0.3, -0.25) is 4.98 Å². The normalized spacial score (nSPS) is 12.4. The summed E-state index contributed by atoms with van der Waals surface area (Å²) < 4.78 is 13.1. The largest absolute Gasteiger partial charge is 0.306 e. The van der Waals surface area contributed by atoms with Crippen molar-refractivity contribution in [1.29, 1.82) is 0 Å². The van der Waals surface area contributed by atoms with Crippen LogP contribution in [0.5, 0.6) is 0 Å². The van der Waals surface area contributed by atoms with E-state index in [1.54, 1.807) is 12.1 Å². The molecule has 1 aromatic heterocycles. The Morgan fingerprint density at radius 3 is 2.83 bits per heavy atom. The van der Waals surface area contributed by atoms with E-state index in [1.807, 2.05) is 32.3 Å². The predicted molar refractivity (Wildman–Crippen MR) is 70.6 cm³/mol. The first-order valence-electron chi connectivity index (χ1n) is 6.04. The van der Waals surface area contributed by atoms with Crippen molar-refractivity contribution in [2.45, 2.75) is 26.4 Å². The van der Waals surface area contributed by atoms with Gasteiger partial charge < -0.3 is 5.32 Å². The third-order valence-corrected chi connectivity index (χ3v) is 2.89. The van der Waals surface area contributed by atoms with Crippen LogP contribution in [0, 0.1) is 12.7 Å². The summed E-state index contributed by atoms with van der Waals surface area (Å²) in [5.74, 6) is -0.196. The third-order valence-electron chi connectivity index (χ3n) is 2.89. The molecule has 3 heteroatoms. The zero-order chi connectivity index (χ0) is 13.0. The lowest BCUT2D eigenvalue weighted by Gasteiger charge is -2.14. The van der Waals surface area contributed by atoms with Crippen molar-refractivity contribution < 1.29 is 4.39 Å². The molecule has 1 aromatic carbocycles. The molecule has 1 heterocycles. The number of halogens is 1. The highest BCUT2D eigenvalue weighted by atomic mass is 19.1. The quantitative estimate of drug-likeness (QED) is 0.891. The topological polar surface area (TPSA) is 24.9 Å². The highest BCUT2D eigenvalue weighted by molar-refractivity contribution is 5.20.